The van der Waals surface area contributed by atoms with Crippen molar-refractivity contribution >= 4 is 24.2 Å². The number of hydrogen-bond donors (Lipinski definition) is 3. The zero-order valence-electron chi connectivity index (χ0n) is 8.06. The van der Waals surface area contributed by atoms with Crippen LogP contribution < -0.4 is 16.5 Å². The fourth-order valence-electron chi connectivity index (χ4n) is 1.52. The number of nitrogens with two attached hydrogens (primary N) is 1. The van der Waals surface area contributed by atoms with E-state index in [2.05, 4.69) is 5.32 Å². The number of carbonyl (C=O) groups is 1. The van der Waals surface area contributed by atoms with Gasteiger partial charge in [-0.05, 0) is 23.2 Å². The molecule has 0 spiro atoms. The SMILES string of the molecule is NCC(=O)Nc1ccc2c(c1)COB2O. The molecule has 0 saturated heterocycles. The summed E-state index contributed by atoms with van der Waals surface area (Å²) in [6.45, 7) is 0.318. The molecule has 0 fully saturated rings. The lowest BCUT2D eigenvalue weighted by molar-refractivity contribution is -0.114. The van der Waals surface area contributed by atoms with Crippen LogP contribution in [0.1, 0.15) is 5.56 Å². The molecule has 1 aliphatic heterocycles. The van der Waals surface area contributed by atoms with Crippen LogP contribution in [0, 0.1) is 0 Å². The monoisotopic (exact) mass is 206 g/mol. The second-order valence-electron chi connectivity index (χ2n) is 3.33. The first-order valence-corrected chi connectivity index (χ1v) is 4.63. The third-order valence-electron chi connectivity index (χ3n) is 2.27. The Balaban J connectivity index is 2.19. The summed E-state index contributed by atoms with van der Waals surface area (Å²) < 4.78 is 5.03. The Morgan fingerprint density at radius 3 is 3.20 bits per heavy atom. The highest BCUT2D eigenvalue weighted by molar-refractivity contribution is 6.61. The third kappa shape index (κ3) is 2.01. The summed E-state index contributed by atoms with van der Waals surface area (Å²) in [5, 5.41) is 12.0. The number of fused-ring (bicyclic) bond motifs is 1. The summed E-state index contributed by atoms with van der Waals surface area (Å²) in [6.07, 6.45) is 0. The van der Waals surface area contributed by atoms with Gasteiger partial charge in [-0.2, -0.15) is 0 Å². The summed E-state index contributed by atoms with van der Waals surface area (Å²) in [5.41, 5.74) is 7.48. The first-order chi connectivity index (χ1) is 7.20. The van der Waals surface area contributed by atoms with E-state index in [9.17, 15) is 9.82 Å². The predicted octanol–water partition coefficient (Wildman–Crippen LogP) is -1.20. The van der Waals surface area contributed by atoms with Crippen LogP contribution in [-0.2, 0) is 16.1 Å². The van der Waals surface area contributed by atoms with Gasteiger partial charge in [-0.1, -0.05) is 6.07 Å². The van der Waals surface area contributed by atoms with Crippen LogP contribution in [0.25, 0.3) is 0 Å². The maximum absolute atomic E-state index is 11.0. The first-order valence-electron chi connectivity index (χ1n) is 4.63. The van der Waals surface area contributed by atoms with Gasteiger partial charge in [0, 0.05) is 5.69 Å². The van der Waals surface area contributed by atoms with Crippen molar-refractivity contribution < 1.29 is 14.5 Å². The summed E-state index contributed by atoms with van der Waals surface area (Å²) >= 11 is 0. The van der Waals surface area contributed by atoms with Crippen molar-refractivity contribution in [2.75, 3.05) is 11.9 Å². The largest absolute Gasteiger partial charge is 0.491 e. The topological polar surface area (TPSA) is 84.6 Å². The van der Waals surface area contributed by atoms with Crippen molar-refractivity contribution in [3.05, 3.63) is 23.8 Å². The van der Waals surface area contributed by atoms with Gasteiger partial charge in [-0.15, -0.1) is 0 Å². The predicted molar refractivity (Wildman–Crippen MR) is 56.5 cm³/mol. The van der Waals surface area contributed by atoms with Crippen molar-refractivity contribution in [3.63, 3.8) is 0 Å². The van der Waals surface area contributed by atoms with Crippen molar-refractivity contribution in [2.24, 2.45) is 5.73 Å². The summed E-state index contributed by atoms with van der Waals surface area (Å²) in [5.74, 6) is -0.241. The van der Waals surface area contributed by atoms with E-state index in [-0.39, 0.29) is 12.5 Å². The molecule has 5 nitrogen and oxygen atoms in total. The molecular formula is C9H11BN2O3. The Morgan fingerprint density at radius 1 is 1.67 bits per heavy atom. The summed E-state index contributed by atoms with van der Waals surface area (Å²) in [6, 6.07) is 5.22. The van der Waals surface area contributed by atoms with E-state index in [4.69, 9.17) is 10.4 Å². The molecule has 0 atom stereocenters. The van der Waals surface area contributed by atoms with Crippen molar-refractivity contribution in [3.8, 4) is 0 Å². The number of carbonyl (C=O) groups excluding carboxylic acids is 1. The molecular weight excluding hydrogens is 195 g/mol. The molecule has 1 amide bonds. The molecule has 0 aliphatic carbocycles. The number of nitrogens with one attached hydrogen (secondary N) is 1. The minimum absolute atomic E-state index is 0.0454. The summed E-state index contributed by atoms with van der Waals surface area (Å²) in [7, 11) is -0.848. The maximum Gasteiger partial charge on any atom is 0.491 e. The van der Waals surface area contributed by atoms with Gasteiger partial charge in [0.1, 0.15) is 0 Å². The number of benzene rings is 1. The van der Waals surface area contributed by atoms with E-state index < -0.39 is 7.12 Å². The van der Waals surface area contributed by atoms with Gasteiger partial charge >= 0.3 is 7.12 Å². The Hall–Kier alpha value is -1.37. The molecule has 15 heavy (non-hydrogen) atoms. The minimum atomic E-state index is -0.848. The number of rotatable bonds is 2. The summed E-state index contributed by atoms with van der Waals surface area (Å²) in [4.78, 5) is 11.0. The molecule has 1 aliphatic rings. The Bertz CT molecular complexity index is 397. The van der Waals surface area contributed by atoms with E-state index in [1.165, 1.54) is 0 Å². The smallest absolute Gasteiger partial charge is 0.423 e. The van der Waals surface area contributed by atoms with Crippen LogP contribution in [0.5, 0.6) is 0 Å². The maximum atomic E-state index is 11.0. The van der Waals surface area contributed by atoms with Gasteiger partial charge in [0.15, 0.2) is 0 Å². The van der Waals surface area contributed by atoms with Gasteiger partial charge in [0.05, 0.1) is 13.2 Å². The molecule has 6 heteroatoms. The van der Waals surface area contributed by atoms with Crippen molar-refractivity contribution in [2.45, 2.75) is 6.61 Å². The minimum Gasteiger partial charge on any atom is -0.423 e. The van der Waals surface area contributed by atoms with Crippen molar-refractivity contribution in [1.29, 1.82) is 0 Å². The second-order valence-corrected chi connectivity index (χ2v) is 3.33. The molecule has 1 aromatic rings. The van der Waals surface area contributed by atoms with Gasteiger partial charge in [0.2, 0.25) is 5.91 Å². The van der Waals surface area contributed by atoms with Crippen LogP contribution in [0.15, 0.2) is 18.2 Å². The second kappa shape index (κ2) is 4.02. The third-order valence-corrected chi connectivity index (χ3v) is 2.27. The fraction of sp³-hybridized carbons (Fsp3) is 0.222. The van der Waals surface area contributed by atoms with Gasteiger partial charge in [0.25, 0.3) is 0 Å². The highest BCUT2D eigenvalue weighted by Crippen LogP contribution is 2.15. The molecule has 2 rings (SSSR count). The van der Waals surface area contributed by atoms with Crippen LogP contribution >= 0.6 is 0 Å². The molecule has 0 bridgehead atoms. The highest BCUT2D eigenvalue weighted by atomic mass is 16.5. The van der Waals surface area contributed by atoms with Crippen LogP contribution in [0.2, 0.25) is 0 Å². The molecule has 0 radical (unpaired) electrons. The van der Waals surface area contributed by atoms with E-state index >= 15 is 0 Å². The number of anilines is 1. The fourth-order valence-corrected chi connectivity index (χ4v) is 1.52. The van der Waals surface area contributed by atoms with Crippen molar-refractivity contribution in [1.82, 2.24) is 0 Å². The van der Waals surface area contributed by atoms with Gasteiger partial charge in [-0.3, -0.25) is 4.79 Å². The van der Waals surface area contributed by atoms with Crippen LogP contribution in [0.4, 0.5) is 5.69 Å². The Kier molecular flexibility index (Phi) is 2.72. The zero-order chi connectivity index (χ0) is 10.8. The van der Waals surface area contributed by atoms with E-state index in [0.29, 0.717) is 12.3 Å². The van der Waals surface area contributed by atoms with Gasteiger partial charge in [-0.25, -0.2) is 0 Å². The lowest BCUT2D eigenvalue weighted by atomic mass is 9.79. The molecule has 0 aromatic heterocycles. The number of hydrogen-bond acceptors (Lipinski definition) is 4. The molecule has 0 saturated carbocycles. The zero-order valence-corrected chi connectivity index (χ0v) is 8.06. The van der Waals surface area contributed by atoms with E-state index in [1.807, 2.05) is 0 Å². The lowest BCUT2D eigenvalue weighted by Crippen LogP contribution is -2.28. The lowest BCUT2D eigenvalue weighted by Gasteiger charge is -2.05. The number of amides is 1. The quantitative estimate of drug-likeness (QED) is 0.530. The van der Waals surface area contributed by atoms with Crippen LogP contribution in [0.3, 0.4) is 0 Å². The molecule has 4 N–H and O–H groups in total. The van der Waals surface area contributed by atoms with Gasteiger partial charge < -0.3 is 20.7 Å². The standard InChI is InChI=1S/C9H11BN2O3/c11-4-9(13)12-7-1-2-8-6(3-7)5-15-10(8)14/h1-3,14H,4-5,11H2,(H,12,13). The molecule has 1 aromatic carbocycles. The van der Waals surface area contributed by atoms with E-state index in [1.54, 1.807) is 18.2 Å². The molecule has 0 unspecified atom stereocenters. The molecule has 78 valence electrons. The first kappa shape index (κ1) is 10.2. The normalized spacial score (nSPS) is 13.9. The Morgan fingerprint density at radius 2 is 2.47 bits per heavy atom. The van der Waals surface area contributed by atoms with Crippen LogP contribution in [-0.4, -0.2) is 24.6 Å². The Labute approximate surface area is 87.4 Å². The van der Waals surface area contributed by atoms with E-state index in [0.717, 1.165) is 11.0 Å². The average Bonchev–Trinajstić information content (AvgIpc) is 2.60. The molecule has 1 heterocycles. The highest BCUT2D eigenvalue weighted by Gasteiger charge is 2.26. The average molecular weight is 206 g/mol.